The van der Waals surface area contributed by atoms with Gasteiger partial charge in [-0.25, -0.2) is 0 Å². The van der Waals surface area contributed by atoms with Crippen LogP contribution in [0.3, 0.4) is 0 Å². The molecule has 1 unspecified atom stereocenters. The van der Waals surface area contributed by atoms with Gasteiger partial charge in [-0.1, -0.05) is 12.1 Å². The van der Waals surface area contributed by atoms with Gasteiger partial charge in [-0.3, -0.25) is 14.6 Å². The quantitative estimate of drug-likeness (QED) is 0.849. The molecular weight excluding hydrogens is 312 g/mol. The molecule has 1 spiro atoms. The van der Waals surface area contributed by atoms with Gasteiger partial charge in [0.15, 0.2) is 5.78 Å². The summed E-state index contributed by atoms with van der Waals surface area (Å²) in [6.07, 6.45) is 3.13. The minimum atomic E-state index is -0.561. The third-order valence-corrected chi connectivity index (χ3v) is 5.25. The van der Waals surface area contributed by atoms with Gasteiger partial charge in [0.25, 0.3) is 0 Å². The Morgan fingerprint density at radius 1 is 1.39 bits per heavy atom. The molecule has 1 saturated heterocycles. The van der Waals surface area contributed by atoms with Gasteiger partial charge >= 0.3 is 0 Å². The molecule has 1 aromatic carbocycles. The van der Waals surface area contributed by atoms with Crippen LogP contribution in [0.25, 0.3) is 0 Å². The lowest BCUT2D eigenvalue weighted by Crippen LogP contribution is -2.45. The number of nitrogens with zero attached hydrogens (tertiary/aromatic N) is 2. The second-order valence-corrected chi connectivity index (χ2v) is 7.06. The Labute approximate surface area is 137 Å². The summed E-state index contributed by atoms with van der Waals surface area (Å²) in [6.45, 7) is 1.11. The highest BCUT2D eigenvalue weighted by molar-refractivity contribution is 7.09. The monoisotopic (exact) mass is 328 g/mol. The normalized spacial score (nSPS) is 23.0. The van der Waals surface area contributed by atoms with Crippen LogP contribution in [0.15, 0.2) is 36.0 Å². The number of hydrogen-bond acceptors (Lipinski definition) is 5. The number of aromatic nitrogens is 1. The van der Waals surface area contributed by atoms with Crippen molar-refractivity contribution in [2.45, 2.75) is 24.9 Å². The molecule has 5 nitrogen and oxygen atoms in total. The van der Waals surface area contributed by atoms with Crippen LogP contribution in [0.2, 0.25) is 0 Å². The lowest BCUT2D eigenvalue weighted by atomic mass is 9.89. The molecule has 0 N–H and O–H groups in total. The number of rotatable bonds is 2. The van der Waals surface area contributed by atoms with Crippen molar-refractivity contribution in [1.82, 2.24) is 9.88 Å². The Balaban J connectivity index is 1.50. The van der Waals surface area contributed by atoms with Gasteiger partial charge < -0.3 is 9.64 Å². The molecular formula is C17H16N2O3S. The summed E-state index contributed by atoms with van der Waals surface area (Å²) in [5.74, 6) is 0.810. The number of thiazole rings is 1. The van der Waals surface area contributed by atoms with E-state index in [4.69, 9.17) is 4.74 Å². The first-order chi connectivity index (χ1) is 11.2. The first kappa shape index (κ1) is 14.4. The van der Waals surface area contributed by atoms with Gasteiger partial charge in [-0.15, -0.1) is 11.3 Å². The molecule has 0 aliphatic carbocycles. The molecule has 118 valence electrons. The molecule has 1 fully saturated rings. The Hall–Kier alpha value is -2.21. The lowest BCUT2D eigenvalue weighted by Gasteiger charge is -2.34. The molecule has 4 rings (SSSR count). The summed E-state index contributed by atoms with van der Waals surface area (Å²) in [4.78, 5) is 31.6. The number of fused-ring (bicyclic) bond motifs is 1. The summed E-state index contributed by atoms with van der Waals surface area (Å²) >= 11 is 1.48. The van der Waals surface area contributed by atoms with Gasteiger partial charge in [0.1, 0.15) is 11.4 Å². The third kappa shape index (κ3) is 2.63. The molecule has 2 aromatic rings. The van der Waals surface area contributed by atoms with E-state index >= 15 is 0 Å². The summed E-state index contributed by atoms with van der Waals surface area (Å²) in [6, 6.07) is 7.34. The summed E-state index contributed by atoms with van der Waals surface area (Å²) in [7, 11) is 0. The molecule has 0 saturated carbocycles. The number of carbonyl (C=O) groups excluding carboxylic acids is 2. The largest absolute Gasteiger partial charge is 0.484 e. The van der Waals surface area contributed by atoms with Crippen molar-refractivity contribution >= 4 is 23.0 Å². The van der Waals surface area contributed by atoms with Crippen molar-refractivity contribution in [3.63, 3.8) is 0 Å². The predicted octanol–water partition coefficient (Wildman–Crippen LogP) is 2.32. The fourth-order valence-electron chi connectivity index (χ4n) is 3.32. The number of Topliss-reactive ketones (excluding diaryl/α,β-unsaturated/α-hetero) is 1. The maximum Gasteiger partial charge on any atom is 0.228 e. The highest BCUT2D eigenvalue weighted by Crippen LogP contribution is 2.38. The summed E-state index contributed by atoms with van der Waals surface area (Å²) in [5.41, 5.74) is 1.82. The fraction of sp³-hybridized carbons (Fsp3) is 0.353. The minimum absolute atomic E-state index is 0.0704. The maximum atomic E-state index is 12.4. The van der Waals surface area contributed by atoms with Crippen LogP contribution < -0.4 is 4.74 Å². The zero-order chi connectivity index (χ0) is 15.9. The molecule has 1 amide bonds. The van der Waals surface area contributed by atoms with E-state index in [1.54, 1.807) is 22.7 Å². The smallest absolute Gasteiger partial charge is 0.228 e. The number of amides is 1. The van der Waals surface area contributed by atoms with Crippen LogP contribution >= 0.6 is 11.3 Å². The first-order valence-corrected chi connectivity index (χ1v) is 8.50. The van der Waals surface area contributed by atoms with Gasteiger partial charge in [0, 0.05) is 24.0 Å². The van der Waals surface area contributed by atoms with Gasteiger partial charge in [0.2, 0.25) is 5.91 Å². The molecule has 0 bridgehead atoms. The van der Waals surface area contributed by atoms with E-state index in [1.807, 2.05) is 18.2 Å². The Kier molecular flexibility index (Phi) is 3.41. The Morgan fingerprint density at radius 3 is 3.09 bits per heavy atom. The summed E-state index contributed by atoms with van der Waals surface area (Å²) in [5, 5.41) is 0. The molecule has 6 heteroatoms. The average Bonchev–Trinajstić information content (AvgIpc) is 3.18. The SMILES string of the molecule is O=C1CC2(CCN(C(=O)Cc3cncs3)C2)Oc2ccccc21. The molecule has 2 aliphatic heterocycles. The van der Waals surface area contributed by atoms with Crippen molar-refractivity contribution in [2.24, 2.45) is 0 Å². The number of ether oxygens (including phenoxy) is 1. The van der Waals surface area contributed by atoms with Crippen molar-refractivity contribution in [2.75, 3.05) is 13.1 Å². The highest BCUT2D eigenvalue weighted by atomic mass is 32.1. The number of ketones is 1. The first-order valence-electron chi connectivity index (χ1n) is 7.62. The molecule has 3 heterocycles. The lowest BCUT2D eigenvalue weighted by molar-refractivity contribution is -0.130. The zero-order valence-electron chi connectivity index (χ0n) is 12.5. The second-order valence-electron chi connectivity index (χ2n) is 6.09. The number of hydrogen-bond donors (Lipinski definition) is 0. The van der Waals surface area contributed by atoms with Crippen molar-refractivity contribution in [3.05, 3.63) is 46.4 Å². The molecule has 1 atom stereocenters. The maximum absolute atomic E-state index is 12.4. The van der Waals surface area contributed by atoms with E-state index in [2.05, 4.69) is 4.98 Å². The van der Waals surface area contributed by atoms with Crippen LogP contribution in [-0.2, 0) is 11.2 Å². The number of carbonyl (C=O) groups is 2. The third-order valence-electron chi connectivity index (χ3n) is 4.47. The fourth-order valence-corrected chi connectivity index (χ4v) is 3.90. The highest BCUT2D eigenvalue weighted by Gasteiger charge is 2.46. The second kappa shape index (κ2) is 5.45. The van der Waals surface area contributed by atoms with E-state index in [0.29, 0.717) is 43.7 Å². The topological polar surface area (TPSA) is 59.5 Å². The van der Waals surface area contributed by atoms with Crippen LogP contribution in [0.4, 0.5) is 0 Å². The van der Waals surface area contributed by atoms with Crippen molar-refractivity contribution in [1.29, 1.82) is 0 Å². The van der Waals surface area contributed by atoms with E-state index < -0.39 is 5.60 Å². The van der Waals surface area contributed by atoms with E-state index in [-0.39, 0.29) is 11.7 Å². The van der Waals surface area contributed by atoms with Gasteiger partial charge in [-0.2, -0.15) is 0 Å². The standard InChI is InChI=1S/C17H16N2O3S/c20-14-8-17(22-15-4-2-1-3-13(14)15)5-6-19(10-17)16(21)7-12-9-18-11-23-12/h1-4,9,11H,5-8,10H2. The van der Waals surface area contributed by atoms with E-state index in [9.17, 15) is 9.59 Å². The minimum Gasteiger partial charge on any atom is -0.484 e. The number of benzene rings is 1. The molecule has 23 heavy (non-hydrogen) atoms. The molecule has 1 aromatic heterocycles. The van der Waals surface area contributed by atoms with Gasteiger partial charge in [-0.05, 0) is 12.1 Å². The Bertz CT molecular complexity index is 759. The van der Waals surface area contributed by atoms with Crippen LogP contribution in [0.1, 0.15) is 28.1 Å². The number of para-hydroxylation sites is 1. The zero-order valence-corrected chi connectivity index (χ0v) is 13.3. The predicted molar refractivity (Wildman–Crippen MR) is 85.8 cm³/mol. The van der Waals surface area contributed by atoms with Crippen molar-refractivity contribution < 1.29 is 14.3 Å². The van der Waals surface area contributed by atoms with Crippen LogP contribution in [0.5, 0.6) is 5.75 Å². The molecule has 2 aliphatic rings. The van der Waals surface area contributed by atoms with E-state index in [0.717, 1.165) is 4.88 Å². The summed E-state index contributed by atoms with van der Waals surface area (Å²) < 4.78 is 6.14. The Morgan fingerprint density at radius 2 is 2.26 bits per heavy atom. The number of likely N-dealkylation sites (tertiary alicyclic amines) is 1. The van der Waals surface area contributed by atoms with E-state index in [1.165, 1.54) is 11.3 Å². The van der Waals surface area contributed by atoms with Gasteiger partial charge in [0.05, 0.1) is 30.5 Å². The molecule has 0 radical (unpaired) electrons. The van der Waals surface area contributed by atoms with Crippen LogP contribution in [0, 0.1) is 0 Å². The van der Waals surface area contributed by atoms with Crippen molar-refractivity contribution in [3.8, 4) is 5.75 Å². The van der Waals surface area contributed by atoms with Crippen LogP contribution in [-0.4, -0.2) is 40.3 Å². The average molecular weight is 328 g/mol.